The van der Waals surface area contributed by atoms with Crippen molar-refractivity contribution in [3.8, 4) is 0 Å². The van der Waals surface area contributed by atoms with Gasteiger partial charge in [-0.25, -0.2) is 0 Å². The van der Waals surface area contributed by atoms with E-state index in [0.717, 1.165) is 6.42 Å². The highest BCUT2D eigenvalue weighted by atomic mass is 16.3. The van der Waals surface area contributed by atoms with Crippen LogP contribution in [0.5, 0.6) is 0 Å². The van der Waals surface area contributed by atoms with Crippen LogP contribution in [0, 0.1) is 5.92 Å². The Morgan fingerprint density at radius 3 is 2.31 bits per heavy atom. The Kier molecular flexibility index (Phi) is 7.34. The number of nitrogens with zero attached hydrogens (tertiary/aromatic N) is 1. The fourth-order valence-electron chi connectivity index (χ4n) is 1.58. The molecule has 0 aromatic carbocycles. The Hall–Kier alpha value is -0.610. The predicted octanol–water partition coefficient (Wildman–Crippen LogP) is 0.850. The SMILES string of the molecule is CCC(C(=O)NCCC(O)C(C)C)N(C)C. The minimum Gasteiger partial charge on any atom is -0.393 e. The zero-order valence-corrected chi connectivity index (χ0v) is 11.2. The number of amides is 1. The average Bonchev–Trinajstić information content (AvgIpc) is 2.17. The second-order valence-electron chi connectivity index (χ2n) is 4.78. The first-order valence-corrected chi connectivity index (χ1v) is 6.02. The summed E-state index contributed by atoms with van der Waals surface area (Å²) in [5.74, 6) is 0.288. The lowest BCUT2D eigenvalue weighted by Crippen LogP contribution is -2.43. The van der Waals surface area contributed by atoms with Gasteiger partial charge in [0.2, 0.25) is 5.91 Å². The normalized spacial score (nSPS) is 15.2. The number of likely N-dealkylation sites (N-methyl/N-ethyl adjacent to an activating group) is 1. The van der Waals surface area contributed by atoms with Crippen molar-refractivity contribution in [2.24, 2.45) is 5.92 Å². The summed E-state index contributed by atoms with van der Waals surface area (Å²) in [6.07, 6.45) is 1.08. The van der Waals surface area contributed by atoms with E-state index in [1.54, 1.807) is 0 Å². The molecule has 0 aliphatic rings. The van der Waals surface area contributed by atoms with Gasteiger partial charge in [0.05, 0.1) is 12.1 Å². The third-order valence-electron chi connectivity index (χ3n) is 2.82. The van der Waals surface area contributed by atoms with E-state index in [1.807, 2.05) is 39.8 Å². The summed E-state index contributed by atoms with van der Waals surface area (Å²) in [7, 11) is 3.80. The predicted molar refractivity (Wildman–Crippen MR) is 66.2 cm³/mol. The summed E-state index contributed by atoms with van der Waals surface area (Å²) in [5, 5.41) is 12.4. The molecule has 0 fully saturated rings. The van der Waals surface area contributed by atoms with Gasteiger partial charge in [0.1, 0.15) is 0 Å². The lowest BCUT2D eigenvalue weighted by atomic mass is 10.0. The van der Waals surface area contributed by atoms with Gasteiger partial charge in [0.15, 0.2) is 0 Å². The van der Waals surface area contributed by atoms with Crippen molar-refractivity contribution in [1.82, 2.24) is 10.2 Å². The highest BCUT2D eigenvalue weighted by Crippen LogP contribution is 2.04. The smallest absolute Gasteiger partial charge is 0.237 e. The molecule has 96 valence electrons. The molecular weight excluding hydrogens is 204 g/mol. The van der Waals surface area contributed by atoms with Crippen LogP contribution in [0.4, 0.5) is 0 Å². The summed E-state index contributed by atoms with van der Waals surface area (Å²) in [5.41, 5.74) is 0. The Labute approximate surface area is 99.0 Å². The topological polar surface area (TPSA) is 52.6 Å². The van der Waals surface area contributed by atoms with Crippen LogP contribution in [-0.4, -0.2) is 48.7 Å². The van der Waals surface area contributed by atoms with Crippen molar-refractivity contribution in [3.63, 3.8) is 0 Å². The Morgan fingerprint density at radius 1 is 1.38 bits per heavy atom. The molecule has 4 nitrogen and oxygen atoms in total. The molecule has 0 aliphatic heterocycles. The van der Waals surface area contributed by atoms with Crippen LogP contribution in [0.2, 0.25) is 0 Å². The fourth-order valence-corrected chi connectivity index (χ4v) is 1.58. The molecule has 0 bridgehead atoms. The van der Waals surface area contributed by atoms with Crippen LogP contribution in [0.3, 0.4) is 0 Å². The molecule has 0 saturated carbocycles. The molecule has 16 heavy (non-hydrogen) atoms. The molecule has 2 unspecified atom stereocenters. The highest BCUT2D eigenvalue weighted by Gasteiger charge is 2.18. The molecule has 0 spiro atoms. The van der Waals surface area contributed by atoms with Gasteiger partial charge in [-0.05, 0) is 32.9 Å². The molecule has 2 atom stereocenters. The van der Waals surface area contributed by atoms with Crippen molar-refractivity contribution in [2.45, 2.75) is 45.8 Å². The number of aliphatic hydroxyl groups excluding tert-OH is 1. The first-order chi connectivity index (χ1) is 7.40. The van der Waals surface area contributed by atoms with Gasteiger partial charge in [-0.1, -0.05) is 20.8 Å². The quantitative estimate of drug-likeness (QED) is 0.682. The van der Waals surface area contributed by atoms with Gasteiger partial charge in [-0.2, -0.15) is 0 Å². The van der Waals surface area contributed by atoms with E-state index in [2.05, 4.69) is 5.32 Å². The molecule has 0 aromatic heterocycles. The van der Waals surface area contributed by atoms with E-state index in [4.69, 9.17) is 0 Å². The minimum absolute atomic E-state index is 0.0449. The number of aliphatic hydroxyl groups is 1. The molecule has 0 saturated heterocycles. The van der Waals surface area contributed by atoms with Crippen molar-refractivity contribution in [1.29, 1.82) is 0 Å². The molecule has 0 aromatic rings. The van der Waals surface area contributed by atoms with Crippen LogP contribution >= 0.6 is 0 Å². The van der Waals surface area contributed by atoms with Crippen LogP contribution in [0.1, 0.15) is 33.6 Å². The van der Waals surface area contributed by atoms with Gasteiger partial charge in [0.25, 0.3) is 0 Å². The molecule has 1 amide bonds. The van der Waals surface area contributed by atoms with Crippen LogP contribution in [0.25, 0.3) is 0 Å². The lowest BCUT2D eigenvalue weighted by molar-refractivity contribution is -0.125. The first-order valence-electron chi connectivity index (χ1n) is 6.02. The standard InChI is InChI=1S/C12H26N2O2/c1-6-10(14(4)5)12(16)13-8-7-11(15)9(2)3/h9-11,15H,6-8H2,1-5H3,(H,13,16). The second kappa shape index (κ2) is 7.63. The Morgan fingerprint density at radius 2 is 1.94 bits per heavy atom. The largest absolute Gasteiger partial charge is 0.393 e. The van der Waals surface area contributed by atoms with Gasteiger partial charge < -0.3 is 10.4 Å². The van der Waals surface area contributed by atoms with Crippen LogP contribution in [-0.2, 0) is 4.79 Å². The molecule has 0 rings (SSSR count). The number of carbonyl (C=O) groups is 1. The van der Waals surface area contributed by atoms with Gasteiger partial charge >= 0.3 is 0 Å². The van der Waals surface area contributed by atoms with E-state index in [-0.39, 0.29) is 24.0 Å². The maximum absolute atomic E-state index is 11.7. The molecule has 0 radical (unpaired) electrons. The van der Waals surface area contributed by atoms with Gasteiger partial charge in [-0.3, -0.25) is 9.69 Å². The monoisotopic (exact) mass is 230 g/mol. The first kappa shape index (κ1) is 15.4. The molecule has 4 heteroatoms. The molecular formula is C12H26N2O2. The minimum atomic E-state index is -0.334. The number of nitrogens with one attached hydrogen (secondary N) is 1. The molecule has 0 heterocycles. The summed E-state index contributed by atoms with van der Waals surface area (Å²) >= 11 is 0. The van der Waals surface area contributed by atoms with Gasteiger partial charge in [-0.15, -0.1) is 0 Å². The van der Waals surface area contributed by atoms with Crippen LogP contribution in [0.15, 0.2) is 0 Å². The summed E-state index contributed by atoms with van der Waals surface area (Å²) in [6, 6.07) is -0.0730. The Balaban J connectivity index is 3.89. The number of hydrogen-bond acceptors (Lipinski definition) is 3. The van der Waals surface area contributed by atoms with Gasteiger partial charge in [0, 0.05) is 6.54 Å². The van der Waals surface area contributed by atoms with Crippen molar-refractivity contribution in [2.75, 3.05) is 20.6 Å². The third-order valence-corrected chi connectivity index (χ3v) is 2.82. The maximum atomic E-state index is 11.7. The average molecular weight is 230 g/mol. The van der Waals surface area contributed by atoms with Crippen molar-refractivity contribution >= 4 is 5.91 Å². The van der Waals surface area contributed by atoms with E-state index < -0.39 is 0 Å². The number of hydrogen-bond donors (Lipinski definition) is 2. The molecule has 2 N–H and O–H groups in total. The lowest BCUT2D eigenvalue weighted by Gasteiger charge is -2.22. The summed E-state index contributed by atoms with van der Waals surface area (Å²) < 4.78 is 0. The van der Waals surface area contributed by atoms with E-state index in [0.29, 0.717) is 13.0 Å². The van der Waals surface area contributed by atoms with E-state index in [9.17, 15) is 9.90 Å². The highest BCUT2D eigenvalue weighted by molar-refractivity contribution is 5.81. The number of carbonyl (C=O) groups excluding carboxylic acids is 1. The zero-order chi connectivity index (χ0) is 12.7. The van der Waals surface area contributed by atoms with Crippen molar-refractivity contribution < 1.29 is 9.90 Å². The van der Waals surface area contributed by atoms with Crippen LogP contribution < -0.4 is 5.32 Å². The fraction of sp³-hybridized carbons (Fsp3) is 0.917. The van der Waals surface area contributed by atoms with Crippen molar-refractivity contribution in [3.05, 3.63) is 0 Å². The zero-order valence-electron chi connectivity index (χ0n) is 11.2. The molecule has 0 aliphatic carbocycles. The summed E-state index contributed by atoms with van der Waals surface area (Å²) in [6.45, 7) is 6.48. The van der Waals surface area contributed by atoms with E-state index in [1.165, 1.54) is 0 Å². The second-order valence-corrected chi connectivity index (χ2v) is 4.78. The van der Waals surface area contributed by atoms with E-state index >= 15 is 0 Å². The summed E-state index contributed by atoms with van der Waals surface area (Å²) in [4.78, 5) is 13.6. The Bertz CT molecular complexity index is 205. The number of rotatable bonds is 7. The maximum Gasteiger partial charge on any atom is 0.237 e. The third kappa shape index (κ3) is 5.47.